The van der Waals surface area contributed by atoms with Gasteiger partial charge in [-0.3, -0.25) is 9.59 Å². The summed E-state index contributed by atoms with van der Waals surface area (Å²) in [5, 5.41) is 3.17. The molecule has 2 atom stereocenters. The fourth-order valence-corrected chi connectivity index (χ4v) is 4.29. The fourth-order valence-electron chi connectivity index (χ4n) is 2.99. The van der Waals surface area contributed by atoms with Gasteiger partial charge in [-0.2, -0.15) is 11.8 Å². The maximum absolute atomic E-state index is 12.3. The molecule has 2 amide bonds. The van der Waals surface area contributed by atoms with Gasteiger partial charge in [0, 0.05) is 11.8 Å². The van der Waals surface area contributed by atoms with Crippen LogP contribution in [0.15, 0.2) is 30.3 Å². The van der Waals surface area contributed by atoms with Gasteiger partial charge in [-0.1, -0.05) is 36.8 Å². The van der Waals surface area contributed by atoms with Crippen LogP contribution in [0, 0.1) is 0 Å². The summed E-state index contributed by atoms with van der Waals surface area (Å²) in [7, 11) is 0. The van der Waals surface area contributed by atoms with Crippen LogP contribution in [0.1, 0.15) is 30.9 Å². The van der Waals surface area contributed by atoms with Gasteiger partial charge >= 0.3 is 0 Å². The average Bonchev–Trinajstić information content (AvgIpc) is 2.53. The molecule has 4 nitrogen and oxygen atoms in total. The van der Waals surface area contributed by atoms with E-state index in [0.29, 0.717) is 11.8 Å². The average molecular weight is 304 g/mol. The topological polar surface area (TPSA) is 49.4 Å². The van der Waals surface area contributed by atoms with Crippen molar-refractivity contribution in [3.63, 3.8) is 0 Å². The smallest absolute Gasteiger partial charge is 0.247 e. The third-order valence-electron chi connectivity index (χ3n) is 4.08. The van der Waals surface area contributed by atoms with Crippen LogP contribution in [0.25, 0.3) is 0 Å². The highest BCUT2D eigenvalue weighted by atomic mass is 32.2. The molecule has 0 spiro atoms. The summed E-state index contributed by atoms with van der Waals surface area (Å²) >= 11 is 1.93. The molecule has 0 saturated carbocycles. The third kappa shape index (κ3) is 3.23. The van der Waals surface area contributed by atoms with E-state index < -0.39 is 6.04 Å². The van der Waals surface area contributed by atoms with E-state index >= 15 is 0 Å². The quantitative estimate of drug-likeness (QED) is 0.929. The molecular formula is C16H20N2O2S. The second kappa shape index (κ2) is 6.52. The van der Waals surface area contributed by atoms with E-state index in [2.05, 4.69) is 5.32 Å². The van der Waals surface area contributed by atoms with Crippen LogP contribution in [0.5, 0.6) is 0 Å². The summed E-state index contributed by atoms with van der Waals surface area (Å²) in [5.74, 6) is 1.12. The predicted octanol–water partition coefficient (Wildman–Crippen LogP) is 1.97. The van der Waals surface area contributed by atoms with Gasteiger partial charge in [0.2, 0.25) is 11.8 Å². The zero-order valence-electron chi connectivity index (χ0n) is 12.0. The monoisotopic (exact) mass is 304 g/mol. The van der Waals surface area contributed by atoms with E-state index in [0.717, 1.165) is 17.7 Å². The minimum absolute atomic E-state index is 0.0228. The first-order chi connectivity index (χ1) is 10.3. The van der Waals surface area contributed by atoms with Crippen LogP contribution in [0.2, 0.25) is 0 Å². The first kappa shape index (κ1) is 14.4. The number of piperazine rings is 1. The summed E-state index contributed by atoms with van der Waals surface area (Å²) < 4.78 is 0. The lowest BCUT2D eigenvalue weighted by Crippen LogP contribution is -2.55. The summed E-state index contributed by atoms with van der Waals surface area (Å²) in [5.41, 5.74) is 0.892. The Morgan fingerprint density at radius 1 is 1.19 bits per heavy atom. The highest BCUT2D eigenvalue weighted by molar-refractivity contribution is 7.99. The van der Waals surface area contributed by atoms with Gasteiger partial charge < -0.3 is 10.2 Å². The number of nitrogens with one attached hydrogen (secondary N) is 1. The predicted molar refractivity (Wildman–Crippen MR) is 84.0 cm³/mol. The van der Waals surface area contributed by atoms with Crippen LogP contribution < -0.4 is 5.32 Å². The maximum Gasteiger partial charge on any atom is 0.247 e. The third-order valence-corrected chi connectivity index (χ3v) is 5.46. The van der Waals surface area contributed by atoms with Gasteiger partial charge in [0.15, 0.2) is 0 Å². The van der Waals surface area contributed by atoms with Crippen molar-refractivity contribution in [3.8, 4) is 0 Å². The van der Waals surface area contributed by atoms with Gasteiger partial charge in [-0.25, -0.2) is 0 Å². The zero-order valence-corrected chi connectivity index (χ0v) is 12.8. The van der Waals surface area contributed by atoms with Gasteiger partial charge in [0.25, 0.3) is 0 Å². The molecule has 1 N–H and O–H groups in total. The Morgan fingerprint density at radius 3 is 2.71 bits per heavy atom. The molecule has 2 heterocycles. The van der Waals surface area contributed by atoms with Crippen molar-refractivity contribution >= 4 is 23.6 Å². The van der Waals surface area contributed by atoms with E-state index in [4.69, 9.17) is 0 Å². The van der Waals surface area contributed by atoms with Crippen molar-refractivity contribution in [2.24, 2.45) is 0 Å². The molecule has 3 rings (SSSR count). The van der Waals surface area contributed by atoms with Crippen molar-refractivity contribution in [3.05, 3.63) is 35.9 Å². The molecule has 0 aliphatic carbocycles. The molecule has 5 heteroatoms. The Balaban J connectivity index is 1.82. The molecule has 1 aromatic rings. The molecule has 2 unspecified atom stereocenters. The Hall–Kier alpha value is -1.49. The summed E-state index contributed by atoms with van der Waals surface area (Å²) in [6, 6.07) is 9.11. The van der Waals surface area contributed by atoms with Crippen LogP contribution in [-0.4, -0.2) is 40.8 Å². The number of carbonyl (C=O) groups excluding carboxylic acids is 2. The van der Waals surface area contributed by atoms with Gasteiger partial charge in [0.1, 0.15) is 6.04 Å². The standard InChI is InChI=1S/C16H20N2O2S/c19-14-10-17-16(20)15(12-6-2-1-3-7-12)18(14)11-13-8-4-5-9-21-13/h1-3,6-7,13,15H,4-5,8-11H2,(H,17,20). The molecule has 0 aromatic heterocycles. The first-order valence-electron chi connectivity index (χ1n) is 7.49. The van der Waals surface area contributed by atoms with Crippen LogP contribution in [0.3, 0.4) is 0 Å². The van der Waals surface area contributed by atoms with Crippen LogP contribution in [-0.2, 0) is 9.59 Å². The van der Waals surface area contributed by atoms with E-state index in [1.807, 2.05) is 42.1 Å². The molecule has 21 heavy (non-hydrogen) atoms. The van der Waals surface area contributed by atoms with Crippen molar-refractivity contribution < 1.29 is 9.59 Å². The van der Waals surface area contributed by atoms with Crippen LogP contribution in [0.4, 0.5) is 0 Å². The largest absolute Gasteiger partial charge is 0.345 e. The SMILES string of the molecule is O=C1NCC(=O)N(CC2CCCCS2)C1c1ccccc1. The molecular weight excluding hydrogens is 284 g/mol. The highest BCUT2D eigenvalue weighted by Gasteiger charge is 2.36. The molecule has 2 aliphatic rings. The van der Waals surface area contributed by atoms with E-state index in [-0.39, 0.29) is 18.4 Å². The number of rotatable bonds is 3. The van der Waals surface area contributed by atoms with E-state index in [1.165, 1.54) is 12.8 Å². The lowest BCUT2D eigenvalue weighted by atomic mass is 10.0. The van der Waals surface area contributed by atoms with Gasteiger partial charge in [-0.15, -0.1) is 0 Å². The summed E-state index contributed by atoms with van der Waals surface area (Å²) in [6.07, 6.45) is 3.62. The second-order valence-corrected chi connectivity index (χ2v) is 6.97. The van der Waals surface area contributed by atoms with E-state index in [9.17, 15) is 9.59 Å². The lowest BCUT2D eigenvalue weighted by Gasteiger charge is -2.38. The zero-order chi connectivity index (χ0) is 14.7. The molecule has 2 saturated heterocycles. The van der Waals surface area contributed by atoms with E-state index in [1.54, 1.807) is 4.90 Å². The van der Waals surface area contributed by atoms with Gasteiger partial charge in [0.05, 0.1) is 6.54 Å². The van der Waals surface area contributed by atoms with Crippen molar-refractivity contribution in [1.29, 1.82) is 0 Å². The second-order valence-electron chi connectivity index (χ2n) is 5.57. The Labute approximate surface area is 129 Å². The Morgan fingerprint density at radius 2 is 2.00 bits per heavy atom. The number of nitrogens with zero attached hydrogens (tertiary/aromatic N) is 1. The summed E-state index contributed by atoms with van der Waals surface area (Å²) in [6.45, 7) is 0.802. The minimum Gasteiger partial charge on any atom is -0.345 e. The molecule has 0 bridgehead atoms. The number of thioether (sulfide) groups is 1. The van der Waals surface area contributed by atoms with Crippen molar-refractivity contribution in [2.75, 3.05) is 18.8 Å². The van der Waals surface area contributed by atoms with Crippen LogP contribution >= 0.6 is 11.8 Å². The Bertz CT molecular complexity index is 514. The number of hydrogen-bond acceptors (Lipinski definition) is 3. The van der Waals surface area contributed by atoms with Crippen molar-refractivity contribution in [2.45, 2.75) is 30.6 Å². The molecule has 1 aromatic carbocycles. The lowest BCUT2D eigenvalue weighted by molar-refractivity contribution is -0.145. The maximum atomic E-state index is 12.3. The van der Waals surface area contributed by atoms with Crippen molar-refractivity contribution in [1.82, 2.24) is 10.2 Å². The van der Waals surface area contributed by atoms with Gasteiger partial charge in [-0.05, 0) is 24.2 Å². The molecule has 0 radical (unpaired) electrons. The highest BCUT2D eigenvalue weighted by Crippen LogP contribution is 2.30. The first-order valence-corrected chi connectivity index (χ1v) is 8.54. The Kier molecular flexibility index (Phi) is 4.48. The summed E-state index contributed by atoms with van der Waals surface area (Å²) in [4.78, 5) is 26.4. The normalized spacial score (nSPS) is 26.6. The fraction of sp³-hybridized carbons (Fsp3) is 0.500. The minimum atomic E-state index is -0.477. The number of amides is 2. The molecule has 2 aliphatic heterocycles. The number of benzene rings is 1. The molecule has 2 fully saturated rings. The molecule has 112 valence electrons. The number of carbonyl (C=O) groups is 2. The number of hydrogen-bond donors (Lipinski definition) is 1.